The van der Waals surface area contributed by atoms with Crippen molar-refractivity contribution < 1.29 is 24.4 Å². The molecule has 8 heteroatoms. The summed E-state index contributed by atoms with van der Waals surface area (Å²) in [7, 11) is 1.20. The van der Waals surface area contributed by atoms with Crippen molar-refractivity contribution in [1.82, 2.24) is 0 Å². The first-order chi connectivity index (χ1) is 8.51. The van der Waals surface area contributed by atoms with Crippen LogP contribution in [0.15, 0.2) is 17.3 Å². The fourth-order valence-corrected chi connectivity index (χ4v) is 1.36. The van der Waals surface area contributed by atoms with Crippen molar-refractivity contribution in [2.75, 3.05) is 7.11 Å². The second-order valence-electron chi connectivity index (χ2n) is 3.13. The highest BCUT2D eigenvalue weighted by atomic mass is 16.6. The average Bonchev–Trinajstić information content (AvgIpc) is 2.29. The van der Waals surface area contributed by atoms with Gasteiger partial charge in [-0.15, -0.1) is 0 Å². The van der Waals surface area contributed by atoms with Crippen molar-refractivity contribution >= 4 is 17.9 Å². The van der Waals surface area contributed by atoms with E-state index in [1.54, 1.807) is 0 Å². The highest BCUT2D eigenvalue weighted by molar-refractivity contribution is 5.88. The Hall–Kier alpha value is -2.64. The normalized spacial score (nSPS) is 10.3. The van der Waals surface area contributed by atoms with Crippen LogP contribution in [0.4, 0.5) is 5.69 Å². The summed E-state index contributed by atoms with van der Waals surface area (Å²) < 4.78 is 9.65. The van der Waals surface area contributed by atoms with Gasteiger partial charge in [0, 0.05) is 6.92 Å². The van der Waals surface area contributed by atoms with Crippen LogP contribution in [0.3, 0.4) is 0 Å². The number of hydrogen-bond donors (Lipinski definition) is 1. The predicted octanol–water partition coefficient (Wildman–Crippen LogP) is 1.34. The average molecular weight is 254 g/mol. The zero-order chi connectivity index (χ0) is 13.7. The Morgan fingerprint density at radius 2 is 2.22 bits per heavy atom. The highest BCUT2D eigenvalue weighted by Gasteiger charge is 2.25. The van der Waals surface area contributed by atoms with Crippen molar-refractivity contribution in [1.29, 1.82) is 0 Å². The van der Waals surface area contributed by atoms with E-state index in [4.69, 9.17) is 14.7 Å². The number of carbonyl (C=O) groups is 1. The van der Waals surface area contributed by atoms with Gasteiger partial charge in [-0.25, -0.2) is 0 Å². The Morgan fingerprint density at radius 3 is 2.67 bits per heavy atom. The lowest BCUT2D eigenvalue weighted by Crippen LogP contribution is -2.06. The SMILES string of the molecule is COc1c(OC(C)=O)ccc(/C=N/O)c1[N+](=O)[O-]. The molecule has 0 aromatic heterocycles. The third kappa shape index (κ3) is 2.73. The second kappa shape index (κ2) is 5.62. The Morgan fingerprint density at radius 1 is 1.56 bits per heavy atom. The number of nitrogens with zero attached hydrogens (tertiary/aromatic N) is 2. The number of esters is 1. The van der Waals surface area contributed by atoms with Gasteiger partial charge in [0.2, 0.25) is 5.75 Å². The van der Waals surface area contributed by atoms with Crippen molar-refractivity contribution in [2.45, 2.75) is 6.92 Å². The molecule has 1 rings (SSSR count). The molecule has 96 valence electrons. The molecular weight excluding hydrogens is 244 g/mol. The number of rotatable bonds is 4. The van der Waals surface area contributed by atoms with E-state index in [0.29, 0.717) is 0 Å². The molecule has 0 fully saturated rings. The minimum Gasteiger partial charge on any atom is -0.488 e. The zero-order valence-electron chi connectivity index (χ0n) is 9.61. The molecule has 0 heterocycles. The minimum absolute atomic E-state index is 0.0234. The van der Waals surface area contributed by atoms with E-state index in [1.165, 1.54) is 19.2 Å². The Bertz CT molecular complexity index is 511. The number of carbonyl (C=O) groups excluding carboxylic acids is 1. The largest absolute Gasteiger partial charge is 0.488 e. The Kier molecular flexibility index (Phi) is 4.19. The van der Waals surface area contributed by atoms with E-state index in [1.807, 2.05) is 0 Å². The lowest BCUT2D eigenvalue weighted by atomic mass is 10.1. The smallest absolute Gasteiger partial charge is 0.323 e. The van der Waals surface area contributed by atoms with Gasteiger partial charge < -0.3 is 14.7 Å². The van der Waals surface area contributed by atoms with E-state index < -0.39 is 16.6 Å². The molecule has 0 saturated heterocycles. The summed E-state index contributed by atoms with van der Waals surface area (Å²) >= 11 is 0. The summed E-state index contributed by atoms with van der Waals surface area (Å²) in [5.74, 6) is -0.925. The molecule has 0 unspecified atom stereocenters. The summed E-state index contributed by atoms with van der Waals surface area (Å²) in [6.45, 7) is 1.16. The number of hydrogen-bond acceptors (Lipinski definition) is 7. The molecule has 0 saturated carbocycles. The van der Waals surface area contributed by atoms with Crippen LogP contribution in [0.1, 0.15) is 12.5 Å². The number of nitro groups is 1. The molecule has 0 atom stereocenters. The quantitative estimate of drug-likeness (QED) is 0.217. The van der Waals surface area contributed by atoms with Crippen molar-refractivity contribution in [2.24, 2.45) is 5.16 Å². The standard InChI is InChI=1S/C10H10N2O6/c1-6(13)18-8-4-3-7(5-11-14)9(12(15)16)10(8)17-2/h3-5,14H,1-2H3/b11-5+. The summed E-state index contributed by atoms with van der Waals surface area (Å²) in [6, 6.07) is 2.59. The first-order valence-electron chi connectivity index (χ1n) is 4.72. The predicted molar refractivity (Wildman–Crippen MR) is 60.3 cm³/mol. The van der Waals surface area contributed by atoms with E-state index in [2.05, 4.69) is 5.16 Å². The van der Waals surface area contributed by atoms with Gasteiger partial charge in [0.15, 0.2) is 5.75 Å². The van der Waals surface area contributed by atoms with Gasteiger partial charge in [-0.2, -0.15) is 0 Å². The van der Waals surface area contributed by atoms with Crippen LogP contribution in [-0.2, 0) is 4.79 Å². The van der Waals surface area contributed by atoms with Crippen LogP contribution in [-0.4, -0.2) is 29.4 Å². The first-order valence-corrected chi connectivity index (χ1v) is 4.72. The number of methoxy groups -OCH3 is 1. The summed E-state index contributed by atoms with van der Waals surface area (Å²) in [5, 5.41) is 22.1. The van der Waals surface area contributed by atoms with Gasteiger partial charge in [0.05, 0.1) is 23.8 Å². The first kappa shape index (κ1) is 13.4. The highest BCUT2D eigenvalue weighted by Crippen LogP contribution is 2.39. The van der Waals surface area contributed by atoms with Crippen LogP contribution in [0.2, 0.25) is 0 Å². The summed E-state index contributed by atoms with van der Waals surface area (Å²) in [6.07, 6.45) is 0.887. The fourth-order valence-electron chi connectivity index (χ4n) is 1.36. The molecule has 0 radical (unpaired) electrons. The summed E-state index contributed by atoms with van der Waals surface area (Å²) in [4.78, 5) is 21.1. The molecule has 0 aliphatic carbocycles. The van der Waals surface area contributed by atoms with E-state index in [0.717, 1.165) is 13.1 Å². The van der Waals surface area contributed by atoms with Gasteiger partial charge in [0.25, 0.3) is 0 Å². The lowest BCUT2D eigenvalue weighted by Gasteiger charge is -2.09. The molecule has 1 aromatic rings. The molecule has 1 N–H and O–H groups in total. The molecule has 0 amide bonds. The van der Waals surface area contributed by atoms with Crippen molar-refractivity contribution in [3.8, 4) is 11.5 Å². The van der Waals surface area contributed by atoms with Crippen LogP contribution in [0, 0.1) is 10.1 Å². The zero-order valence-corrected chi connectivity index (χ0v) is 9.61. The van der Waals surface area contributed by atoms with E-state index in [-0.39, 0.29) is 17.1 Å². The van der Waals surface area contributed by atoms with Gasteiger partial charge in [-0.3, -0.25) is 14.9 Å². The maximum Gasteiger partial charge on any atom is 0.323 e. The maximum atomic E-state index is 11.0. The van der Waals surface area contributed by atoms with Crippen molar-refractivity contribution in [3.05, 3.63) is 27.8 Å². The molecule has 0 aliphatic heterocycles. The van der Waals surface area contributed by atoms with Gasteiger partial charge >= 0.3 is 11.7 Å². The van der Waals surface area contributed by atoms with Gasteiger partial charge in [0.1, 0.15) is 0 Å². The van der Waals surface area contributed by atoms with E-state index in [9.17, 15) is 14.9 Å². The molecule has 1 aromatic carbocycles. The maximum absolute atomic E-state index is 11.0. The Balaban J connectivity index is 3.47. The van der Waals surface area contributed by atoms with Crippen LogP contribution >= 0.6 is 0 Å². The molecule has 18 heavy (non-hydrogen) atoms. The third-order valence-electron chi connectivity index (χ3n) is 1.96. The van der Waals surface area contributed by atoms with Crippen LogP contribution in [0.25, 0.3) is 0 Å². The van der Waals surface area contributed by atoms with Gasteiger partial charge in [-0.1, -0.05) is 5.16 Å². The number of nitro benzene ring substituents is 1. The fraction of sp³-hybridized carbons (Fsp3) is 0.200. The third-order valence-corrected chi connectivity index (χ3v) is 1.96. The number of oxime groups is 1. The van der Waals surface area contributed by atoms with Crippen molar-refractivity contribution in [3.63, 3.8) is 0 Å². The number of benzene rings is 1. The lowest BCUT2D eigenvalue weighted by molar-refractivity contribution is -0.385. The summed E-state index contributed by atoms with van der Waals surface area (Å²) in [5.41, 5.74) is -0.427. The molecular formula is C10H10N2O6. The van der Waals surface area contributed by atoms with Crippen LogP contribution < -0.4 is 9.47 Å². The monoisotopic (exact) mass is 254 g/mol. The molecule has 0 spiro atoms. The van der Waals surface area contributed by atoms with Crippen LogP contribution in [0.5, 0.6) is 11.5 Å². The number of ether oxygens (including phenoxy) is 2. The Labute approximate surface area is 102 Å². The topological polar surface area (TPSA) is 111 Å². The minimum atomic E-state index is -0.719. The van der Waals surface area contributed by atoms with Gasteiger partial charge in [-0.05, 0) is 12.1 Å². The van der Waals surface area contributed by atoms with E-state index >= 15 is 0 Å². The second-order valence-corrected chi connectivity index (χ2v) is 3.13. The molecule has 0 aliphatic rings. The molecule has 0 bridgehead atoms. The molecule has 8 nitrogen and oxygen atoms in total.